The van der Waals surface area contributed by atoms with Crippen LogP contribution in [-0.2, 0) is 15.0 Å². The van der Waals surface area contributed by atoms with Gasteiger partial charge in [0.1, 0.15) is 0 Å². The molecule has 0 aliphatic carbocycles. The monoisotopic (exact) mass is 262 g/mol. The van der Waals surface area contributed by atoms with Crippen molar-refractivity contribution in [1.29, 1.82) is 0 Å². The average Bonchev–Trinajstić information content (AvgIpc) is 2.48. The average molecular weight is 262 g/mol. The van der Waals surface area contributed by atoms with Crippen molar-refractivity contribution in [2.24, 2.45) is 0 Å². The second-order valence-electron chi connectivity index (χ2n) is 4.29. The Morgan fingerprint density at radius 3 is 2.32 bits per heavy atom. The van der Waals surface area contributed by atoms with Gasteiger partial charge in [0.15, 0.2) is 5.41 Å². The van der Waals surface area contributed by atoms with Crippen LogP contribution in [0.2, 0.25) is 0 Å². The first-order chi connectivity index (χ1) is 9.13. The number of hydrogen-bond donors (Lipinski definition) is 1. The van der Waals surface area contributed by atoms with Crippen LogP contribution in [-0.4, -0.2) is 30.4 Å². The van der Waals surface area contributed by atoms with Crippen molar-refractivity contribution in [2.45, 2.75) is 32.6 Å². The van der Waals surface area contributed by atoms with Gasteiger partial charge in [-0.25, -0.2) is 0 Å². The van der Waals surface area contributed by atoms with E-state index in [4.69, 9.17) is 0 Å². The number of rotatable bonds is 2. The maximum Gasteiger partial charge on any atom is 0.243 e. The number of likely N-dealkylation sites (N-methyl/N-ethyl adjacent to an activating group) is 1. The van der Waals surface area contributed by atoms with Gasteiger partial charge in [0.05, 0.1) is 6.67 Å². The highest BCUT2D eigenvalue weighted by molar-refractivity contribution is 6.12. The van der Waals surface area contributed by atoms with Crippen molar-refractivity contribution < 1.29 is 9.59 Å². The second-order valence-corrected chi connectivity index (χ2v) is 4.29. The minimum atomic E-state index is -1.06. The van der Waals surface area contributed by atoms with E-state index in [2.05, 4.69) is 5.32 Å². The zero-order valence-corrected chi connectivity index (χ0v) is 12.1. The van der Waals surface area contributed by atoms with Gasteiger partial charge in [-0.05, 0) is 12.0 Å². The molecule has 0 aromatic heterocycles. The molecule has 1 saturated heterocycles. The lowest BCUT2D eigenvalue weighted by Gasteiger charge is -2.39. The number of hydrogen-bond acceptors (Lipinski definition) is 2. The van der Waals surface area contributed by atoms with Crippen molar-refractivity contribution in [3.63, 3.8) is 0 Å². The Hall–Kier alpha value is -1.84. The number of carbonyl (C=O) groups excluding carboxylic acids is 2. The van der Waals surface area contributed by atoms with Gasteiger partial charge in [0.25, 0.3) is 0 Å². The van der Waals surface area contributed by atoms with Gasteiger partial charge < -0.3 is 10.2 Å². The molecule has 0 spiro atoms. The SMILES string of the molecule is CC.CCC1(c2ccccc2)C(=O)NCN(C)C1=O. The van der Waals surface area contributed by atoms with Gasteiger partial charge >= 0.3 is 0 Å². The maximum atomic E-state index is 12.4. The summed E-state index contributed by atoms with van der Waals surface area (Å²) < 4.78 is 0. The van der Waals surface area contributed by atoms with E-state index in [-0.39, 0.29) is 18.5 Å². The van der Waals surface area contributed by atoms with E-state index in [1.54, 1.807) is 11.9 Å². The summed E-state index contributed by atoms with van der Waals surface area (Å²) in [7, 11) is 1.70. The van der Waals surface area contributed by atoms with Crippen LogP contribution in [0.25, 0.3) is 0 Å². The van der Waals surface area contributed by atoms with Crippen LogP contribution in [0.5, 0.6) is 0 Å². The lowest BCUT2D eigenvalue weighted by atomic mass is 9.75. The van der Waals surface area contributed by atoms with Gasteiger partial charge in [-0.1, -0.05) is 51.1 Å². The van der Waals surface area contributed by atoms with Crippen molar-refractivity contribution >= 4 is 11.8 Å². The minimum absolute atomic E-state index is 0.130. The standard InChI is InChI=1S/C13H16N2O2.C2H6/c1-3-13(10-7-5-4-6-8-10)11(16)14-9-15(2)12(13)17;1-2/h4-8H,3,9H2,1-2H3,(H,14,16);1-2H3. The number of nitrogens with zero attached hydrogens (tertiary/aromatic N) is 1. The molecule has 1 fully saturated rings. The van der Waals surface area contributed by atoms with Crippen LogP contribution in [0.15, 0.2) is 30.3 Å². The van der Waals surface area contributed by atoms with Gasteiger partial charge in [0.2, 0.25) is 11.8 Å². The molecule has 2 rings (SSSR count). The highest BCUT2D eigenvalue weighted by Crippen LogP contribution is 2.32. The number of amides is 2. The highest BCUT2D eigenvalue weighted by atomic mass is 16.2. The first-order valence-corrected chi connectivity index (χ1v) is 6.72. The van der Waals surface area contributed by atoms with E-state index in [1.165, 1.54) is 0 Å². The Bertz CT molecular complexity index is 445. The van der Waals surface area contributed by atoms with E-state index in [1.807, 2.05) is 51.1 Å². The summed E-state index contributed by atoms with van der Waals surface area (Å²) in [4.78, 5) is 26.1. The Morgan fingerprint density at radius 2 is 1.79 bits per heavy atom. The first-order valence-electron chi connectivity index (χ1n) is 6.72. The molecular weight excluding hydrogens is 240 g/mol. The normalized spacial score (nSPS) is 22.4. The largest absolute Gasteiger partial charge is 0.337 e. The molecule has 1 aromatic carbocycles. The quantitative estimate of drug-likeness (QED) is 0.828. The molecule has 4 heteroatoms. The van der Waals surface area contributed by atoms with Crippen LogP contribution in [0, 0.1) is 0 Å². The molecule has 1 heterocycles. The second kappa shape index (κ2) is 6.36. The van der Waals surface area contributed by atoms with E-state index < -0.39 is 5.41 Å². The molecule has 1 N–H and O–H groups in total. The minimum Gasteiger partial charge on any atom is -0.337 e. The van der Waals surface area contributed by atoms with Gasteiger partial charge in [-0.3, -0.25) is 9.59 Å². The van der Waals surface area contributed by atoms with Gasteiger partial charge in [-0.2, -0.15) is 0 Å². The fraction of sp³-hybridized carbons (Fsp3) is 0.467. The molecule has 1 aliphatic heterocycles. The fourth-order valence-electron chi connectivity index (χ4n) is 2.33. The zero-order valence-electron chi connectivity index (χ0n) is 12.1. The summed E-state index contributed by atoms with van der Waals surface area (Å²) >= 11 is 0. The molecular formula is C15H22N2O2. The highest BCUT2D eigenvalue weighted by Gasteiger charge is 2.49. The third-order valence-corrected chi connectivity index (χ3v) is 3.37. The fourth-order valence-corrected chi connectivity index (χ4v) is 2.33. The first kappa shape index (κ1) is 15.2. The maximum absolute atomic E-state index is 12.4. The van der Waals surface area contributed by atoms with Gasteiger partial charge in [0, 0.05) is 7.05 Å². The van der Waals surface area contributed by atoms with E-state index >= 15 is 0 Å². The lowest BCUT2D eigenvalue weighted by Crippen LogP contribution is -2.62. The topological polar surface area (TPSA) is 49.4 Å². The van der Waals surface area contributed by atoms with Crippen LogP contribution in [0.4, 0.5) is 0 Å². The van der Waals surface area contributed by atoms with E-state index in [0.717, 1.165) is 5.56 Å². The molecule has 1 aliphatic rings. The van der Waals surface area contributed by atoms with Crippen LogP contribution < -0.4 is 5.32 Å². The molecule has 1 atom stereocenters. The summed E-state index contributed by atoms with van der Waals surface area (Å²) in [6.07, 6.45) is 0.464. The Balaban J connectivity index is 0.000000861. The van der Waals surface area contributed by atoms with Crippen LogP contribution >= 0.6 is 0 Å². The summed E-state index contributed by atoms with van der Waals surface area (Å²) in [5.41, 5.74) is -0.301. The summed E-state index contributed by atoms with van der Waals surface area (Å²) in [6.45, 7) is 6.15. The predicted octanol–water partition coefficient (Wildman–Crippen LogP) is 1.91. The molecule has 0 bridgehead atoms. The van der Waals surface area contributed by atoms with E-state index in [9.17, 15) is 9.59 Å². The van der Waals surface area contributed by atoms with Crippen molar-refractivity contribution in [3.8, 4) is 0 Å². The molecule has 1 aromatic rings. The molecule has 104 valence electrons. The Kier molecular flexibility index (Phi) is 5.10. The molecule has 1 unspecified atom stereocenters. The van der Waals surface area contributed by atoms with Gasteiger partial charge in [-0.15, -0.1) is 0 Å². The van der Waals surface area contributed by atoms with Crippen molar-refractivity contribution in [1.82, 2.24) is 10.2 Å². The molecule has 4 nitrogen and oxygen atoms in total. The predicted molar refractivity (Wildman–Crippen MR) is 75.5 cm³/mol. The lowest BCUT2D eigenvalue weighted by molar-refractivity contribution is -0.149. The molecule has 2 amide bonds. The van der Waals surface area contributed by atoms with E-state index in [0.29, 0.717) is 6.42 Å². The summed E-state index contributed by atoms with van der Waals surface area (Å²) in [6, 6.07) is 9.24. The molecule has 0 radical (unpaired) electrons. The zero-order chi connectivity index (χ0) is 14.5. The third kappa shape index (κ3) is 2.48. The number of benzene rings is 1. The summed E-state index contributed by atoms with van der Waals surface area (Å²) in [5, 5.41) is 2.77. The van der Waals surface area contributed by atoms with Crippen molar-refractivity contribution in [2.75, 3.05) is 13.7 Å². The third-order valence-electron chi connectivity index (χ3n) is 3.37. The van der Waals surface area contributed by atoms with Crippen molar-refractivity contribution in [3.05, 3.63) is 35.9 Å². The van der Waals surface area contributed by atoms with Crippen LogP contribution in [0.3, 0.4) is 0 Å². The molecule has 0 saturated carbocycles. The Labute approximate surface area is 114 Å². The summed E-state index contributed by atoms with van der Waals surface area (Å²) in [5.74, 6) is -0.329. The van der Waals surface area contributed by atoms with Crippen LogP contribution in [0.1, 0.15) is 32.8 Å². The number of carbonyl (C=O) groups is 2. The Morgan fingerprint density at radius 1 is 1.21 bits per heavy atom. The smallest absolute Gasteiger partial charge is 0.243 e. The number of nitrogens with one attached hydrogen (secondary N) is 1. The molecule has 19 heavy (non-hydrogen) atoms.